The quantitative estimate of drug-likeness (QED) is 0.0731. The number of hydrogen-bond donors (Lipinski definition) is 0. The standard InChI is InChI=1S/12C7H9BrN.6ClH.18O.6Sb/c12*1-2-9-6-4-3-5-7(9)8;;;;;;;;;;;;;;;;;;;;;;;;;;;;;;/h12*3-6H,2H2,1H3;6*1H;;;;;;;;;;;;;;;;;;;;;;;;/q12*+1;;;;;;;;;;;;;12*-1;;;;;;. The van der Waals surface area contributed by atoms with Crippen LogP contribution in [0.2, 0.25) is 0 Å². The summed E-state index contributed by atoms with van der Waals surface area (Å²) in [4.78, 5) is 0. The van der Waals surface area contributed by atoms with Crippen molar-refractivity contribution in [3.05, 3.63) is 348 Å². The zero-order valence-electron chi connectivity index (χ0n) is 76.6. The number of halogens is 18. The van der Waals surface area contributed by atoms with Crippen molar-refractivity contribution in [2.24, 2.45) is 0 Å². The van der Waals surface area contributed by atoms with Crippen molar-refractivity contribution in [3.8, 4) is 0 Å². The van der Waals surface area contributed by atoms with Crippen LogP contribution in [-0.4, -0.2) is 126 Å². The Kier molecular flexibility index (Phi) is 134. The fourth-order valence-electron chi connectivity index (χ4n) is 8.54. The molecular weight excluding hydrogens is 3370 g/mol. The van der Waals surface area contributed by atoms with E-state index < -0.39 is 126 Å². The number of hydrogen-bond acceptors (Lipinski definition) is 18. The second-order valence-electron chi connectivity index (χ2n) is 23.1. The molecular formula is C84H114Br12Cl6N12O18Sb6. The molecule has 0 aliphatic heterocycles. The van der Waals surface area contributed by atoms with Gasteiger partial charge < -0.3 is 0 Å². The molecule has 12 heterocycles. The van der Waals surface area contributed by atoms with Crippen molar-refractivity contribution >= 4 is 392 Å². The third-order valence-corrected chi connectivity index (χ3v) is 23.3. The fourth-order valence-corrected chi connectivity index (χ4v) is 14.8. The van der Waals surface area contributed by atoms with Crippen LogP contribution in [0.5, 0.6) is 0 Å². The average molecular weight is 3480 g/mol. The number of aryl methyl sites for hydroxylation is 12. The van der Waals surface area contributed by atoms with Crippen LogP contribution in [0.25, 0.3) is 0 Å². The van der Waals surface area contributed by atoms with Crippen LogP contribution >= 0.6 is 266 Å². The van der Waals surface area contributed by atoms with E-state index in [2.05, 4.69) is 329 Å². The van der Waals surface area contributed by atoms with E-state index in [1.165, 1.54) is 0 Å². The van der Waals surface area contributed by atoms with Crippen LogP contribution in [0, 0.1) is 0 Å². The van der Waals surface area contributed by atoms with Crippen LogP contribution in [0.1, 0.15) is 83.1 Å². The van der Waals surface area contributed by atoms with Gasteiger partial charge in [-0.15, -0.1) is 74.4 Å². The first-order valence-electron chi connectivity index (χ1n) is 39.1. The normalized spacial score (nSPS) is 8.61. The molecule has 0 saturated carbocycles. The molecule has 0 aliphatic carbocycles. The molecule has 0 atom stereocenters. The van der Waals surface area contributed by atoms with Crippen LogP contribution in [0.4, 0.5) is 0 Å². The second-order valence-corrected chi connectivity index (χ2v) is 40.5. The SMILES string of the molecule is CC[n+]1ccccc1Br.CC[n+]1ccccc1Br.CC[n+]1ccccc1Br.CC[n+]1ccccc1Br.CC[n+]1ccccc1Br.CC[n+]1ccccc1Br.CC[n+]1ccccc1Br.CC[n+]1ccccc1Br.CC[n+]1ccccc1Br.CC[n+]1ccccc1Br.CC[n+]1ccccc1Br.CC[n+]1ccccc1Br.Cl.Cl.Cl.Cl.Cl.Cl.[O]=[Sb]([O-])[O-].[O]=[Sb]([O-])[O-].[O]=[Sb]([O-])[O-].[O]=[Sb]([O-])[O-].[O]=[Sb]([O-])[O-].[O]=[Sb]([O-])[O-]. The van der Waals surface area contributed by atoms with E-state index in [1.54, 1.807) is 0 Å². The first-order valence-corrected chi connectivity index (χ1v) is 67.4. The summed E-state index contributed by atoms with van der Waals surface area (Å²) in [5.74, 6) is 0. The molecule has 774 valence electrons. The van der Waals surface area contributed by atoms with E-state index in [0.29, 0.717) is 0 Å². The Morgan fingerprint density at radius 2 is 0.203 bits per heavy atom. The van der Waals surface area contributed by atoms with Crippen molar-refractivity contribution in [2.45, 2.75) is 162 Å². The molecule has 0 saturated heterocycles. The number of rotatable bonds is 12. The van der Waals surface area contributed by atoms with Gasteiger partial charge in [-0.3, -0.25) is 0 Å². The second kappa shape index (κ2) is 113. The summed E-state index contributed by atoms with van der Waals surface area (Å²) < 4.78 is 194. The van der Waals surface area contributed by atoms with Crippen molar-refractivity contribution in [1.82, 2.24) is 0 Å². The Labute approximate surface area is 999 Å². The average Bonchev–Trinajstić information content (AvgIpc) is 1.02. The summed E-state index contributed by atoms with van der Waals surface area (Å²) in [7, 11) is 0. The number of pyridine rings is 12. The van der Waals surface area contributed by atoms with Crippen LogP contribution in [-0.2, 0) is 96.6 Å². The van der Waals surface area contributed by atoms with Crippen molar-refractivity contribution in [3.63, 3.8) is 0 Å². The minimum absolute atomic E-state index is 0. The molecule has 0 fully saturated rings. The van der Waals surface area contributed by atoms with Gasteiger partial charge in [-0.2, -0.15) is 54.8 Å². The molecule has 6 radical (unpaired) electrons. The molecule has 12 aromatic heterocycles. The minimum atomic E-state index is -4.20. The van der Waals surface area contributed by atoms with Gasteiger partial charge in [-0.1, -0.05) is 0 Å². The van der Waals surface area contributed by atoms with Crippen LogP contribution in [0.15, 0.2) is 348 Å². The van der Waals surface area contributed by atoms with Gasteiger partial charge in [0.1, 0.15) is 78.5 Å². The van der Waals surface area contributed by atoms with Gasteiger partial charge in [-0.25, -0.2) is 0 Å². The number of nitrogens with zero attached hydrogens (tertiary/aromatic N) is 12. The summed E-state index contributed by atoms with van der Waals surface area (Å²) in [5.41, 5.74) is 0. The monoisotopic (exact) mass is 3460 g/mol. The first kappa shape index (κ1) is 164. The molecule has 0 amide bonds. The third-order valence-electron chi connectivity index (χ3n) is 14.7. The predicted molar refractivity (Wildman–Crippen MR) is 562 cm³/mol. The van der Waals surface area contributed by atoms with Crippen LogP contribution < -0.4 is 95.4 Å². The van der Waals surface area contributed by atoms with E-state index in [1.807, 2.05) is 293 Å². The zero-order chi connectivity index (χ0) is 102. The van der Waals surface area contributed by atoms with Crippen molar-refractivity contribution in [2.75, 3.05) is 0 Å². The van der Waals surface area contributed by atoms with Gasteiger partial charge in [0.05, 0.1) is 0 Å². The Hall–Kier alpha value is 0.529. The van der Waals surface area contributed by atoms with Crippen molar-refractivity contribution < 1.29 is 114 Å². The Morgan fingerprint density at radius 3 is 0.232 bits per heavy atom. The topological polar surface area (TPSA) is 426 Å². The molecule has 0 bridgehead atoms. The molecule has 0 spiro atoms. The molecule has 138 heavy (non-hydrogen) atoms. The maximum absolute atomic E-state index is 8.60. The van der Waals surface area contributed by atoms with Gasteiger partial charge in [-0.05, 0) is 156 Å². The van der Waals surface area contributed by atoms with Gasteiger partial charge in [0.2, 0.25) is 55.2 Å². The van der Waals surface area contributed by atoms with E-state index in [-0.39, 0.29) is 74.4 Å². The van der Waals surface area contributed by atoms with E-state index in [0.717, 1.165) is 134 Å². The maximum atomic E-state index is 8.60. The predicted octanol–water partition coefficient (Wildman–Crippen LogP) is 6.34. The van der Waals surface area contributed by atoms with E-state index >= 15 is 0 Å². The summed E-state index contributed by atoms with van der Waals surface area (Å²) in [5, 5.41) is 0. The van der Waals surface area contributed by atoms with E-state index in [4.69, 9.17) is 58.7 Å². The van der Waals surface area contributed by atoms with Gasteiger partial charge in [0.15, 0.2) is 74.4 Å². The first-order chi connectivity index (χ1) is 62.5. The summed E-state index contributed by atoms with van der Waals surface area (Å²) in [6.45, 7) is 37.6. The molecule has 0 aliphatic rings. The zero-order valence-corrected chi connectivity index (χ0v) is 116. The molecule has 54 heteroatoms. The summed E-state index contributed by atoms with van der Waals surface area (Å²) >= 11 is 15.8. The molecule has 0 unspecified atom stereocenters. The Morgan fingerprint density at radius 1 is 0.152 bits per heavy atom. The van der Waals surface area contributed by atoms with Gasteiger partial charge >= 0.3 is 185 Å². The molecule has 30 nitrogen and oxygen atoms in total. The molecule has 12 rings (SSSR count). The molecule has 0 aromatic carbocycles. The molecule has 12 aromatic rings. The molecule has 0 N–H and O–H groups in total. The Balaban J connectivity index is -0.000000122. The number of aromatic nitrogens is 12. The fraction of sp³-hybridized carbons (Fsp3) is 0.286. The third kappa shape index (κ3) is 102. The van der Waals surface area contributed by atoms with Crippen LogP contribution in [0.3, 0.4) is 0 Å². The van der Waals surface area contributed by atoms with Gasteiger partial charge in [0.25, 0.3) is 0 Å². The van der Waals surface area contributed by atoms with Gasteiger partial charge in [0, 0.05) is 337 Å². The summed E-state index contributed by atoms with van der Waals surface area (Å²) in [6, 6.07) is 72.8. The Bertz CT molecular complexity index is 4050. The van der Waals surface area contributed by atoms with E-state index in [9.17, 15) is 0 Å². The summed E-state index contributed by atoms with van der Waals surface area (Å²) in [6.07, 6.45) is 24.5. The van der Waals surface area contributed by atoms with Crippen molar-refractivity contribution in [1.29, 1.82) is 0 Å².